The van der Waals surface area contributed by atoms with Gasteiger partial charge >= 0.3 is 0 Å². The lowest BCUT2D eigenvalue weighted by atomic mass is 10.1. The van der Waals surface area contributed by atoms with Gasteiger partial charge in [-0.15, -0.1) is 0 Å². The highest BCUT2D eigenvalue weighted by atomic mass is 16.5. The van der Waals surface area contributed by atoms with Gasteiger partial charge in [-0.05, 0) is 18.2 Å². The van der Waals surface area contributed by atoms with E-state index in [9.17, 15) is 0 Å². The van der Waals surface area contributed by atoms with Crippen molar-refractivity contribution in [2.75, 3.05) is 24.6 Å². The largest absolute Gasteiger partial charge is 0.490 e. The molecule has 1 aromatic carbocycles. The van der Waals surface area contributed by atoms with Gasteiger partial charge in [0, 0.05) is 56.5 Å². The van der Waals surface area contributed by atoms with Gasteiger partial charge in [0.25, 0.3) is 0 Å². The lowest BCUT2D eigenvalue weighted by molar-refractivity contribution is 0.109. The van der Waals surface area contributed by atoms with Crippen molar-refractivity contribution in [2.45, 2.75) is 32.0 Å². The molecule has 0 amide bonds. The van der Waals surface area contributed by atoms with Crippen LogP contribution in [-0.4, -0.2) is 40.3 Å². The predicted molar refractivity (Wildman–Crippen MR) is 104 cm³/mol. The Bertz CT molecular complexity index is 960. The molecule has 0 saturated carbocycles. The summed E-state index contributed by atoms with van der Waals surface area (Å²) in [5, 5.41) is 1.18. The Kier molecular flexibility index (Phi) is 4.20. The highest BCUT2D eigenvalue weighted by Crippen LogP contribution is 2.31. The first-order valence-corrected chi connectivity index (χ1v) is 9.66. The minimum Gasteiger partial charge on any atom is -0.490 e. The number of anilines is 1. The van der Waals surface area contributed by atoms with Crippen LogP contribution in [0.5, 0.6) is 5.75 Å². The number of ether oxygens (including phenoxy) is 2. The minimum absolute atomic E-state index is 0.237. The molecule has 0 bridgehead atoms. The van der Waals surface area contributed by atoms with E-state index in [1.165, 1.54) is 10.9 Å². The van der Waals surface area contributed by atoms with Gasteiger partial charge in [-0.3, -0.25) is 0 Å². The van der Waals surface area contributed by atoms with Crippen molar-refractivity contribution >= 4 is 16.7 Å². The molecular formula is C21H24N4O2. The van der Waals surface area contributed by atoms with E-state index in [4.69, 9.17) is 9.47 Å². The van der Waals surface area contributed by atoms with Crippen LogP contribution >= 0.6 is 0 Å². The van der Waals surface area contributed by atoms with Crippen molar-refractivity contribution in [1.29, 1.82) is 0 Å². The van der Waals surface area contributed by atoms with Crippen LogP contribution < -0.4 is 9.64 Å². The molecule has 4 heterocycles. The van der Waals surface area contributed by atoms with Gasteiger partial charge in [-0.25, -0.2) is 9.97 Å². The van der Waals surface area contributed by atoms with Crippen LogP contribution in [0.1, 0.15) is 24.1 Å². The zero-order valence-electron chi connectivity index (χ0n) is 15.6. The van der Waals surface area contributed by atoms with E-state index < -0.39 is 0 Å². The van der Waals surface area contributed by atoms with Crippen LogP contribution in [0.4, 0.5) is 5.82 Å². The molecule has 27 heavy (non-hydrogen) atoms. The number of hydrogen-bond donors (Lipinski definition) is 0. The monoisotopic (exact) mass is 364 g/mol. The number of benzene rings is 1. The maximum absolute atomic E-state index is 6.38. The molecule has 0 aliphatic carbocycles. The molecule has 140 valence electrons. The van der Waals surface area contributed by atoms with Crippen LogP contribution in [0.2, 0.25) is 0 Å². The average Bonchev–Trinajstić information content (AvgIpc) is 3.10. The van der Waals surface area contributed by atoms with E-state index in [1.54, 1.807) is 6.33 Å². The van der Waals surface area contributed by atoms with E-state index in [2.05, 4.69) is 56.9 Å². The predicted octanol–water partition coefficient (Wildman–Crippen LogP) is 3.09. The van der Waals surface area contributed by atoms with Crippen molar-refractivity contribution in [1.82, 2.24) is 14.5 Å². The minimum atomic E-state index is 0.237. The molecule has 1 saturated heterocycles. The molecule has 5 rings (SSSR count). The van der Waals surface area contributed by atoms with Crippen LogP contribution in [0, 0.1) is 0 Å². The molecule has 0 spiro atoms. The van der Waals surface area contributed by atoms with Gasteiger partial charge in [0.1, 0.15) is 24.0 Å². The first-order chi connectivity index (χ1) is 13.3. The Morgan fingerprint density at radius 1 is 1.15 bits per heavy atom. The lowest BCUT2D eigenvalue weighted by Gasteiger charge is -2.34. The number of rotatable bonds is 3. The first-order valence-electron chi connectivity index (χ1n) is 9.66. The van der Waals surface area contributed by atoms with Gasteiger partial charge in [0.2, 0.25) is 0 Å². The summed E-state index contributed by atoms with van der Waals surface area (Å²) in [6.45, 7) is 3.26. The fraction of sp³-hybridized carbons (Fsp3) is 0.429. The third-order valence-electron chi connectivity index (χ3n) is 5.66. The molecule has 2 aromatic heterocycles. The van der Waals surface area contributed by atoms with Crippen LogP contribution in [-0.2, 0) is 24.8 Å². The number of piperidine rings is 1. The van der Waals surface area contributed by atoms with Gasteiger partial charge in [0.15, 0.2) is 0 Å². The first kappa shape index (κ1) is 16.6. The van der Waals surface area contributed by atoms with E-state index >= 15 is 0 Å². The zero-order chi connectivity index (χ0) is 18.2. The number of nitrogens with zero attached hydrogens (tertiary/aromatic N) is 4. The van der Waals surface area contributed by atoms with Gasteiger partial charge in [-0.2, -0.15) is 0 Å². The Morgan fingerprint density at radius 2 is 2.04 bits per heavy atom. The number of aromatic nitrogens is 3. The smallest absolute Gasteiger partial charge is 0.137 e. The van der Waals surface area contributed by atoms with E-state index in [-0.39, 0.29) is 6.10 Å². The Labute approximate surface area is 158 Å². The molecule has 2 aliphatic rings. The van der Waals surface area contributed by atoms with Crippen LogP contribution in [0.3, 0.4) is 0 Å². The molecule has 2 aliphatic heterocycles. The molecule has 0 unspecified atom stereocenters. The zero-order valence-corrected chi connectivity index (χ0v) is 15.6. The van der Waals surface area contributed by atoms with Crippen molar-refractivity contribution < 1.29 is 9.47 Å². The summed E-state index contributed by atoms with van der Waals surface area (Å²) >= 11 is 0. The molecule has 1 fully saturated rings. The fourth-order valence-electron chi connectivity index (χ4n) is 4.16. The topological polar surface area (TPSA) is 52.4 Å². The third-order valence-corrected chi connectivity index (χ3v) is 5.66. The van der Waals surface area contributed by atoms with Crippen molar-refractivity contribution in [3.63, 3.8) is 0 Å². The van der Waals surface area contributed by atoms with Crippen molar-refractivity contribution in [3.05, 3.63) is 48.0 Å². The SMILES string of the molecule is Cn1ccc2c(OC3CCN(c4ncnc5c4COCC5)CC3)cccc21. The van der Waals surface area contributed by atoms with Gasteiger partial charge in [0.05, 0.1) is 24.4 Å². The summed E-state index contributed by atoms with van der Waals surface area (Å²) in [6.07, 6.45) is 6.87. The highest BCUT2D eigenvalue weighted by Gasteiger charge is 2.26. The molecule has 6 nitrogen and oxygen atoms in total. The van der Waals surface area contributed by atoms with Crippen molar-refractivity contribution in [3.8, 4) is 5.75 Å². The van der Waals surface area contributed by atoms with E-state index in [0.717, 1.165) is 61.8 Å². The van der Waals surface area contributed by atoms with Crippen molar-refractivity contribution in [2.24, 2.45) is 7.05 Å². The third kappa shape index (κ3) is 3.04. The van der Waals surface area contributed by atoms with Gasteiger partial charge < -0.3 is 18.9 Å². The van der Waals surface area contributed by atoms with Crippen LogP contribution in [0.25, 0.3) is 10.9 Å². The highest BCUT2D eigenvalue weighted by molar-refractivity contribution is 5.86. The fourth-order valence-corrected chi connectivity index (χ4v) is 4.16. The summed E-state index contributed by atoms with van der Waals surface area (Å²) in [6, 6.07) is 8.41. The second kappa shape index (κ2) is 6.85. The molecule has 6 heteroatoms. The maximum Gasteiger partial charge on any atom is 0.137 e. The summed E-state index contributed by atoms with van der Waals surface area (Å²) in [5.74, 6) is 2.03. The second-order valence-electron chi connectivity index (χ2n) is 7.34. The number of aryl methyl sites for hydroxylation is 1. The Hall–Kier alpha value is -2.60. The molecule has 0 radical (unpaired) electrons. The molecule has 0 N–H and O–H groups in total. The Morgan fingerprint density at radius 3 is 2.93 bits per heavy atom. The van der Waals surface area contributed by atoms with E-state index in [0.29, 0.717) is 6.61 Å². The molecule has 3 aromatic rings. The summed E-state index contributed by atoms with van der Waals surface area (Å²) in [7, 11) is 2.07. The van der Waals surface area contributed by atoms with Crippen LogP contribution in [0.15, 0.2) is 36.8 Å². The normalized spacial score (nSPS) is 17.9. The van der Waals surface area contributed by atoms with Gasteiger partial charge in [-0.1, -0.05) is 6.07 Å². The van der Waals surface area contributed by atoms with E-state index in [1.807, 2.05) is 0 Å². The lowest BCUT2D eigenvalue weighted by Crippen LogP contribution is -2.39. The second-order valence-corrected chi connectivity index (χ2v) is 7.34. The number of fused-ring (bicyclic) bond motifs is 2. The molecular weight excluding hydrogens is 340 g/mol. The Balaban J connectivity index is 1.29. The standard InChI is InChI=1S/C21H24N4O2/c1-24-9-7-16-19(24)3-2-4-20(16)27-15-5-10-25(11-6-15)21-17-13-26-12-8-18(17)22-14-23-21/h2-4,7,9,14-15H,5-6,8,10-13H2,1H3. The maximum atomic E-state index is 6.38. The summed E-state index contributed by atoms with van der Waals surface area (Å²) in [5.41, 5.74) is 3.51. The summed E-state index contributed by atoms with van der Waals surface area (Å²) < 4.78 is 14.1. The summed E-state index contributed by atoms with van der Waals surface area (Å²) in [4.78, 5) is 11.4. The number of hydrogen-bond acceptors (Lipinski definition) is 5. The molecule has 0 atom stereocenters. The average molecular weight is 364 g/mol. The quantitative estimate of drug-likeness (QED) is 0.715.